The maximum absolute atomic E-state index is 13.3. The molecule has 4 aliphatic rings. The number of piperidine rings is 1. The number of hydrogen-bond donors (Lipinski definition) is 4. The van der Waals surface area contributed by atoms with E-state index in [9.17, 15) is 24.3 Å². The third kappa shape index (κ3) is 8.26. The van der Waals surface area contributed by atoms with Crippen LogP contribution in [0.25, 0.3) is 11.1 Å². The molecule has 0 saturated carbocycles. The summed E-state index contributed by atoms with van der Waals surface area (Å²) in [6.07, 6.45) is 1.90. The lowest BCUT2D eigenvalue weighted by atomic mass is 9.88. The molecule has 0 bridgehead atoms. The molecule has 4 N–H and O–H groups in total. The van der Waals surface area contributed by atoms with E-state index in [-0.39, 0.29) is 48.1 Å². The second-order valence-electron chi connectivity index (χ2n) is 15.0. The van der Waals surface area contributed by atoms with E-state index in [1.54, 1.807) is 24.3 Å². The SMILES string of the molecule is CC/C(=C(\c1ccc(O)cc1)c1ccc(OCCN2CCC(OC3CNC(c4ccc5c(c4)C(=O)N(C4CCC(=O)NC4=O)C5=O)CN3)C2)cc1)c1ccccc1. The second-order valence-corrected chi connectivity index (χ2v) is 15.0. The van der Waals surface area contributed by atoms with E-state index in [0.717, 1.165) is 65.4 Å². The average Bonchev–Trinajstić information content (AvgIpc) is 3.78. The number of phenols is 1. The highest BCUT2D eigenvalue weighted by Gasteiger charge is 2.45. The lowest BCUT2D eigenvalue weighted by molar-refractivity contribution is -0.136. The summed E-state index contributed by atoms with van der Waals surface area (Å²) in [6.45, 7) is 6.39. The molecule has 12 nitrogen and oxygen atoms in total. The molecule has 0 aromatic heterocycles. The molecule has 4 aromatic rings. The van der Waals surface area contributed by atoms with Crippen LogP contribution >= 0.6 is 0 Å². The van der Waals surface area contributed by atoms with Crippen LogP contribution in [0.15, 0.2) is 97.1 Å². The van der Waals surface area contributed by atoms with Crippen molar-refractivity contribution in [2.45, 2.75) is 57.0 Å². The summed E-state index contributed by atoms with van der Waals surface area (Å²) in [5.41, 5.74) is 7.07. The number of amides is 4. The number of nitrogens with zero attached hydrogens (tertiary/aromatic N) is 2. The fourth-order valence-corrected chi connectivity index (χ4v) is 8.34. The molecule has 12 heteroatoms. The number of phenolic OH excluding ortho intramolecular Hbond substituents is 1. The third-order valence-corrected chi connectivity index (χ3v) is 11.3. The number of hydrogen-bond acceptors (Lipinski definition) is 10. The first-order valence-corrected chi connectivity index (χ1v) is 19.8. The van der Waals surface area contributed by atoms with E-state index in [4.69, 9.17) is 9.47 Å². The van der Waals surface area contributed by atoms with Crippen LogP contribution in [0.2, 0.25) is 0 Å². The monoisotopic (exact) mass is 769 g/mol. The molecule has 4 unspecified atom stereocenters. The molecule has 8 rings (SSSR count). The summed E-state index contributed by atoms with van der Waals surface area (Å²) in [5, 5.41) is 19.2. The first-order chi connectivity index (χ1) is 27.7. The van der Waals surface area contributed by atoms with Gasteiger partial charge < -0.3 is 19.9 Å². The van der Waals surface area contributed by atoms with Gasteiger partial charge in [-0.15, -0.1) is 0 Å². The Balaban J connectivity index is 0.806. The first-order valence-electron chi connectivity index (χ1n) is 19.8. The Labute approximate surface area is 331 Å². The number of rotatable bonds is 12. The Morgan fingerprint density at radius 1 is 0.807 bits per heavy atom. The first kappa shape index (κ1) is 38.2. The van der Waals surface area contributed by atoms with Gasteiger partial charge in [0.25, 0.3) is 11.8 Å². The summed E-state index contributed by atoms with van der Waals surface area (Å²) in [7, 11) is 0. The zero-order valence-electron chi connectivity index (χ0n) is 31.9. The molecule has 4 aromatic carbocycles. The van der Waals surface area contributed by atoms with Gasteiger partial charge in [0.05, 0.1) is 17.2 Å². The number of nitrogens with one attached hydrogen (secondary N) is 3. The van der Waals surface area contributed by atoms with Crippen LogP contribution in [0.1, 0.15) is 81.6 Å². The van der Waals surface area contributed by atoms with Crippen molar-refractivity contribution in [2.24, 2.45) is 0 Å². The molecule has 294 valence electrons. The Morgan fingerprint density at radius 2 is 1.54 bits per heavy atom. The van der Waals surface area contributed by atoms with Gasteiger partial charge in [0.2, 0.25) is 11.8 Å². The fourth-order valence-electron chi connectivity index (χ4n) is 8.34. The normalized spacial score (nSPS) is 23.0. The molecule has 0 spiro atoms. The minimum atomic E-state index is -0.988. The number of ether oxygens (including phenoxy) is 2. The third-order valence-electron chi connectivity index (χ3n) is 11.3. The molecule has 3 fully saturated rings. The summed E-state index contributed by atoms with van der Waals surface area (Å²) in [5.74, 6) is -0.988. The van der Waals surface area contributed by atoms with Gasteiger partial charge in [0.15, 0.2) is 0 Å². The maximum Gasteiger partial charge on any atom is 0.262 e. The van der Waals surface area contributed by atoms with Crippen molar-refractivity contribution in [3.63, 3.8) is 0 Å². The van der Waals surface area contributed by atoms with E-state index in [1.807, 2.05) is 36.4 Å². The topological polar surface area (TPSA) is 150 Å². The molecule has 4 amide bonds. The Bertz CT molecular complexity index is 2160. The van der Waals surface area contributed by atoms with E-state index in [0.29, 0.717) is 19.7 Å². The smallest absolute Gasteiger partial charge is 0.262 e. The predicted octanol–water partition coefficient (Wildman–Crippen LogP) is 4.89. The van der Waals surface area contributed by atoms with Crippen molar-refractivity contribution in [1.29, 1.82) is 0 Å². The molecule has 4 aliphatic heterocycles. The zero-order valence-corrected chi connectivity index (χ0v) is 31.9. The lowest BCUT2D eigenvalue weighted by Gasteiger charge is -2.33. The Kier molecular flexibility index (Phi) is 11.3. The number of piperazine rings is 1. The molecule has 0 aliphatic carbocycles. The summed E-state index contributed by atoms with van der Waals surface area (Å²) >= 11 is 0. The number of allylic oxidation sites excluding steroid dienone is 1. The van der Waals surface area contributed by atoms with E-state index >= 15 is 0 Å². The van der Waals surface area contributed by atoms with Crippen molar-refractivity contribution >= 4 is 34.8 Å². The van der Waals surface area contributed by atoms with Gasteiger partial charge >= 0.3 is 0 Å². The van der Waals surface area contributed by atoms with Crippen LogP contribution in [0.5, 0.6) is 11.5 Å². The van der Waals surface area contributed by atoms with Crippen LogP contribution in [0.4, 0.5) is 0 Å². The molecule has 4 heterocycles. The van der Waals surface area contributed by atoms with Crippen LogP contribution < -0.4 is 20.7 Å². The van der Waals surface area contributed by atoms with Gasteiger partial charge in [-0.25, -0.2) is 0 Å². The molecule has 3 saturated heterocycles. The van der Waals surface area contributed by atoms with E-state index < -0.39 is 29.7 Å². The Morgan fingerprint density at radius 3 is 2.25 bits per heavy atom. The number of carbonyl (C=O) groups excluding carboxylic acids is 4. The van der Waals surface area contributed by atoms with Gasteiger partial charge in [0.1, 0.15) is 30.4 Å². The van der Waals surface area contributed by atoms with E-state index in [2.05, 4.69) is 64.2 Å². The van der Waals surface area contributed by atoms with Crippen molar-refractivity contribution in [3.05, 3.63) is 130 Å². The highest BCUT2D eigenvalue weighted by atomic mass is 16.5. The summed E-state index contributed by atoms with van der Waals surface area (Å²) in [6, 6.07) is 30.2. The molecular formula is C45H47N5O7. The van der Waals surface area contributed by atoms with Crippen LogP contribution in [-0.2, 0) is 14.3 Å². The maximum atomic E-state index is 13.3. The van der Waals surface area contributed by atoms with Gasteiger partial charge in [-0.2, -0.15) is 0 Å². The number of likely N-dealkylation sites (tertiary alicyclic amines) is 1. The van der Waals surface area contributed by atoms with Gasteiger partial charge in [0, 0.05) is 45.2 Å². The number of carbonyl (C=O) groups is 4. The van der Waals surface area contributed by atoms with Gasteiger partial charge in [-0.1, -0.05) is 67.6 Å². The zero-order chi connectivity index (χ0) is 39.5. The minimum absolute atomic E-state index is 0.0820. The average molecular weight is 770 g/mol. The molecule has 0 radical (unpaired) electrons. The molecule has 57 heavy (non-hydrogen) atoms. The highest BCUT2D eigenvalue weighted by Crippen LogP contribution is 2.36. The lowest BCUT2D eigenvalue weighted by Crippen LogP contribution is -2.54. The number of benzene rings is 4. The summed E-state index contributed by atoms with van der Waals surface area (Å²) < 4.78 is 12.6. The number of imide groups is 2. The summed E-state index contributed by atoms with van der Waals surface area (Å²) in [4.78, 5) is 53.8. The Hall–Kier alpha value is -5.66. The molecule has 4 atom stereocenters. The minimum Gasteiger partial charge on any atom is -0.508 e. The van der Waals surface area contributed by atoms with Gasteiger partial charge in [-0.3, -0.25) is 39.6 Å². The van der Waals surface area contributed by atoms with Crippen molar-refractivity contribution in [2.75, 3.05) is 39.3 Å². The standard InChI is InChI=1S/C45H47N5O7/c1-2-35(28-6-4-3-5-7-28)42(29-8-13-32(51)14-9-29)30-10-15-33(16-11-30)56-23-22-49-21-20-34(27-49)57-41-26-46-38(25-47-41)31-12-17-36-37(24-31)45(55)50(44(36)54)39-18-19-40(52)48-43(39)53/h3-17,24,34,38-39,41,46-47,51H,2,18-23,25-27H2,1H3,(H,48,52,53)/b42-35-. The van der Waals surface area contributed by atoms with Crippen molar-refractivity contribution < 1.29 is 33.8 Å². The number of fused-ring (bicyclic) bond motifs is 1. The predicted molar refractivity (Wildman–Crippen MR) is 214 cm³/mol. The van der Waals surface area contributed by atoms with Gasteiger partial charge in [-0.05, 0) is 89.1 Å². The van der Waals surface area contributed by atoms with Crippen molar-refractivity contribution in [1.82, 2.24) is 25.8 Å². The molecular weight excluding hydrogens is 723 g/mol. The van der Waals surface area contributed by atoms with Crippen LogP contribution in [0, 0.1) is 0 Å². The second kappa shape index (κ2) is 16.8. The number of aromatic hydroxyl groups is 1. The van der Waals surface area contributed by atoms with Crippen LogP contribution in [-0.4, -0.2) is 96.2 Å². The largest absolute Gasteiger partial charge is 0.508 e. The highest BCUT2D eigenvalue weighted by molar-refractivity contribution is 6.23. The fraction of sp³-hybridized carbons (Fsp3) is 0.333. The van der Waals surface area contributed by atoms with Crippen molar-refractivity contribution in [3.8, 4) is 11.5 Å². The quantitative estimate of drug-likeness (QED) is 0.116. The van der Waals surface area contributed by atoms with E-state index in [1.165, 1.54) is 11.1 Å². The van der Waals surface area contributed by atoms with Crippen LogP contribution in [0.3, 0.4) is 0 Å².